The number of hydrogen-bond donors (Lipinski definition) is 1. The lowest BCUT2D eigenvalue weighted by Crippen LogP contribution is -2.01. The van der Waals surface area contributed by atoms with Gasteiger partial charge in [0.25, 0.3) is 0 Å². The largest absolute Gasteiger partial charge is 0.361 e. The minimum atomic E-state index is 0.260. The molecule has 78 valence electrons. The number of ketones is 1. The van der Waals surface area contributed by atoms with Gasteiger partial charge in [-0.25, -0.2) is 0 Å². The van der Waals surface area contributed by atoms with Gasteiger partial charge in [-0.15, -0.1) is 0 Å². The number of Topliss-reactive ketones (excluding diaryl/α,β-unsaturated/α-hetero) is 1. The van der Waals surface area contributed by atoms with Crippen molar-refractivity contribution in [1.29, 1.82) is 0 Å². The van der Waals surface area contributed by atoms with Crippen molar-refractivity contribution in [1.82, 2.24) is 4.98 Å². The molecule has 0 amide bonds. The molecule has 1 rings (SSSR count). The average molecular weight is 193 g/mol. The first kappa shape index (κ1) is 11.0. The van der Waals surface area contributed by atoms with Crippen molar-refractivity contribution in [3.8, 4) is 0 Å². The quantitative estimate of drug-likeness (QED) is 0.732. The maximum Gasteiger partial charge on any atom is 0.164 e. The second-order valence-corrected chi connectivity index (χ2v) is 3.57. The van der Waals surface area contributed by atoms with Crippen molar-refractivity contribution in [2.24, 2.45) is 0 Å². The lowest BCUT2D eigenvalue weighted by Gasteiger charge is -2.00. The molecule has 1 aromatic heterocycles. The number of aromatic nitrogens is 1. The highest BCUT2D eigenvalue weighted by Gasteiger charge is 2.16. The van der Waals surface area contributed by atoms with E-state index in [1.54, 1.807) is 0 Å². The highest BCUT2D eigenvalue weighted by atomic mass is 16.1. The van der Waals surface area contributed by atoms with Crippen molar-refractivity contribution in [2.45, 2.75) is 47.0 Å². The summed E-state index contributed by atoms with van der Waals surface area (Å²) in [5.74, 6) is 0.260. The van der Waals surface area contributed by atoms with E-state index in [9.17, 15) is 4.79 Å². The minimum absolute atomic E-state index is 0.260. The van der Waals surface area contributed by atoms with Gasteiger partial charge in [0.1, 0.15) is 0 Å². The van der Waals surface area contributed by atoms with Crippen molar-refractivity contribution in [3.63, 3.8) is 0 Å². The summed E-state index contributed by atoms with van der Waals surface area (Å²) in [5, 5.41) is 0. The molecule has 0 unspecified atom stereocenters. The fourth-order valence-electron chi connectivity index (χ4n) is 1.89. The molecule has 0 saturated heterocycles. The summed E-state index contributed by atoms with van der Waals surface area (Å²) in [6.07, 6.45) is 2.46. The van der Waals surface area contributed by atoms with Gasteiger partial charge in [0.2, 0.25) is 0 Å². The molecular weight excluding hydrogens is 174 g/mol. The molecule has 1 N–H and O–H groups in total. The van der Waals surface area contributed by atoms with Crippen LogP contribution in [0, 0.1) is 6.92 Å². The van der Waals surface area contributed by atoms with Crippen LogP contribution in [0.25, 0.3) is 0 Å². The van der Waals surface area contributed by atoms with E-state index in [2.05, 4.69) is 18.8 Å². The van der Waals surface area contributed by atoms with Crippen LogP contribution in [0.1, 0.15) is 54.5 Å². The summed E-state index contributed by atoms with van der Waals surface area (Å²) in [4.78, 5) is 15.1. The number of nitrogens with one attached hydrogen (secondary N) is 1. The standard InChI is InChI=1S/C12H19NO/c1-5-9-8(4)12(11(14)7-3)10(6-2)13-9/h13H,5-7H2,1-4H3. The highest BCUT2D eigenvalue weighted by Crippen LogP contribution is 2.20. The fraction of sp³-hybridized carbons (Fsp3) is 0.583. The maximum absolute atomic E-state index is 11.7. The number of H-pyrrole nitrogens is 1. The Morgan fingerprint density at radius 2 is 1.71 bits per heavy atom. The molecule has 2 heteroatoms. The summed E-state index contributed by atoms with van der Waals surface area (Å²) in [6, 6.07) is 0. The molecule has 0 radical (unpaired) electrons. The second-order valence-electron chi connectivity index (χ2n) is 3.57. The van der Waals surface area contributed by atoms with Crippen LogP contribution in [-0.4, -0.2) is 10.8 Å². The number of aryl methyl sites for hydroxylation is 2. The first-order chi connectivity index (χ1) is 6.65. The number of carbonyl (C=O) groups is 1. The molecule has 0 aliphatic carbocycles. The van der Waals surface area contributed by atoms with Crippen LogP contribution in [-0.2, 0) is 12.8 Å². The Morgan fingerprint density at radius 1 is 1.14 bits per heavy atom. The van der Waals surface area contributed by atoms with Crippen molar-refractivity contribution >= 4 is 5.78 Å². The molecular formula is C12H19NO. The van der Waals surface area contributed by atoms with Crippen LogP contribution in [0.2, 0.25) is 0 Å². The number of rotatable bonds is 4. The third-order valence-corrected chi connectivity index (χ3v) is 2.74. The van der Waals surface area contributed by atoms with E-state index in [1.807, 2.05) is 13.8 Å². The van der Waals surface area contributed by atoms with Gasteiger partial charge in [-0.1, -0.05) is 20.8 Å². The Hall–Kier alpha value is -1.05. The van der Waals surface area contributed by atoms with Crippen molar-refractivity contribution < 1.29 is 4.79 Å². The van der Waals surface area contributed by atoms with Crippen LogP contribution in [0.3, 0.4) is 0 Å². The van der Waals surface area contributed by atoms with Gasteiger partial charge in [0.15, 0.2) is 5.78 Å². The second kappa shape index (κ2) is 4.45. The van der Waals surface area contributed by atoms with Crippen LogP contribution >= 0.6 is 0 Å². The van der Waals surface area contributed by atoms with Crippen molar-refractivity contribution in [2.75, 3.05) is 0 Å². The van der Waals surface area contributed by atoms with Gasteiger partial charge in [0.05, 0.1) is 0 Å². The molecule has 14 heavy (non-hydrogen) atoms. The van der Waals surface area contributed by atoms with Crippen molar-refractivity contribution in [3.05, 3.63) is 22.5 Å². The zero-order chi connectivity index (χ0) is 10.7. The van der Waals surface area contributed by atoms with E-state index in [4.69, 9.17) is 0 Å². The molecule has 1 heterocycles. The lowest BCUT2D eigenvalue weighted by molar-refractivity contribution is 0.0987. The summed E-state index contributed by atoms with van der Waals surface area (Å²) < 4.78 is 0. The summed E-state index contributed by atoms with van der Waals surface area (Å²) in [7, 11) is 0. The Balaban J connectivity index is 3.24. The zero-order valence-corrected chi connectivity index (χ0v) is 9.53. The highest BCUT2D eigenvalue weighted by molar-refractivity contribution is 5.98. The number of hydrogen-bond acceptors (Lipinski definition) is 1. The molecule has 0 bridgehead atoms. The van der Waals surface area contributed by atoms with Crippen LogP contribution < -0.4 is 0 Å². The molecule has 0 aromatic carbocycles. The Kier molecular flexibility index (Phi) is 3.50. The summed E-state index contributed by atoms with van der Waals surface area (Å²) in [6.45, 7) is 8.15. The van der Waals surface area contributed by atoms with Crippen LogP contribution in [0.4, 0.5) is 0 Å². The van der Waals surface area contributed by atoms with Gasteiger partial charge in [-0.2, -0.15) is 0 Å². The Morgan fingerprint density at radius 3 is 2.14 bits per heavy atom. The van der Waals surface area contributed by atoms with E-state index >= 15 is 0 Å². The average Bonchev–Trinajstić information content (AvgIpc) is 2.53. The molecule has 0 aliphatic rings. The smallest absolute Gasteiger partial charge is 0.164 e. The molecule has 0 fully saturated rings. The fourth-order valence-corrected chi connectivity index (χ4v) is 1.89. The van der Waals surface area contributed by atoms with E-state index in [1.165, 1.54) is 5.69 Å². The molecule has 0 atom stereocenters. The maximum atomic E-state index is 11.7. The van der Waals surface area contributed by atoms with Gasteiger partial charge in [0, 0.05) is 23.4 Å². The Bertz CT molecular complexity index is 336. The predicted octanol–water partition coefficient (Wildman–Crippen LogP) is 3.04. The van der Waals surface area contributed by atoms with Crippen LogP contribution in [0.5, 0.6) is 0 Å². The van der Waals surface area contributed by atoms with Crippen LogP contribution in [0.15, 0.2) is 0 Å². The molecule has 0 spiro atoms. The topological polar surface area (TPSA) is 32.9 Å². The summed E-state index contributed by atoms with van der Waals surface area (Å²) in [5.41, 5.74) is 4.40. The zero-order valence-electron chi connectivity index (χ0n) is 9.53. The monoisotopic (exact) mass is 193 g/mol. The van der Waals surface area contributed by atoms with Gasteiger partial charge < -0.3 is 4.98 Å². The third-order valence-electron chi connectivity index (χ3n) is 2.74. The van der Waals surface area contributed by atoms with Gasteiger partial charge in [-0.3, -0.25) is 4.79 Å². The van der Waals surface area contributed by atoms with E-state index in [0.29, 0.717) is 6.42 Å². The normalized spacial score (nSPS) is 10.6. The summed E-state index contributed by atoms with van der Waals surface area (Å²) >= 11 is 0. The first-order valence-electron chi connectivity index (χ1n) is 5.39. The van der Waals surface area contributed by atoms with E-state index in [0.717, 1.165) is 29.7 Å². The predicted molar refractivity (Wildman–Crippen MR) is 58.9 cm³/mol. The third kappa shape index (κ3) is 1.74. The van der Waals surface area contributed by atoms with Gasteiger partial charge >= 0.3 is 0 Å². The SMILES string of the molecule is CCC(=O)c1c(CC)[nH]c(CC)c1C. The molecule has 0 saturated carbocycles. The molecule has 2 nitrogen and oxygen atoms in total. The number of carbonyl (C=O) groups excluding carboxylic acids is 1. The first-order valence-corrected chi connectivity index (χ1v) is 5.39. The molecule has 1 aromatic rings. The van der Waals surface area contributed by atoms with E-state index in [-0.39, 0.29) is 5.78 Å². The van der Waals surface area contributed by atoms with Gasteiger partial charge in [-0.05, 0) is 25.3 Å². The Labute approximate surface area is 85.7 Å². The lowest BCUT2D eigenvalue weighted by atomic mass is 10.0. The minimum Gasteiger partial charge on any atom is -0.361 e. The van der Waals surface area contributed by atoms with E-state index < -0.39 is 0 Å². The number of aromatic amines is 1. The molecule has 0 aliphatic heterocycles.